The van der Waals surface area contributed by atoms with E-state index in [1.807, 2.05) is 6.92 Å². The second-order valence-electron chi connectivity index (χ2n) is 8.03. The van der Waals surface area contributed by atoms with Crippen LogP contribution < -0.4 is 16.4 Å². The van der Waals surface area contributed by atoms with Crippen molar-refractivity contribution in [2.75, 3.05) is 6.54 Å². The molecule has 6 unspecified atom stereocenters. The number of hydrogen-bond acceptors (Lipinski definition) is 3. The Hall–Kier alpha value is -0.680. The highest BCUT2D eigenvalue weighted by Crippen LogP contribution is 2.38. The number of rotatable bonds is 0. The molecular weight excluding hydrogens is 293 g/mol. The Morgan fingerprint density at radius 1 is 1.09 bits per heavy atom. The molecule has 0 aromatic heterocycles. The zero-order valence-electron chi connectivity index (χ0n) is 14.3. The van der Waals surface area contributed by atoms with E-state index in [-0.39, 0.29) is 29.8 Å². The number of carbonyl (C=O) groups excluding carboxylic acids is 1. The summed E-state index contributed by atoms with van der Waals surface area (Å²) in [6.07, 6.45) is 7.06. The summed E-state index contributed by atoms with van der Waals surface area (Å²) in [5.41, 5.74) is 6.32. The van der Waals surface area contributed by atoms with Gasteiger partial charge in [-0.2, -0.15) is 0 Å². The minimum Gasteiger partial charge on any atom is -0.353 e. The maximum Gasteiger partial charge on any atom is 0.223 e. The summed E-state index contributed by atoms with van der Waals surface area (Å²) in [7, 11) is 0. The Bertz CT molecular complexity index is 419. The molecule has 3 rings (SSSR count). The topological polar surface area (TPSA) is 67.2 Å². The fourth-order valence-electron chi connectivity index (χ4n) is 4.92. The Labute approximate surface area is 139 Å². The van der Waals surface area contributed by atoms with Crippen molar-refractivity contribution in [3.05, 3.63) is 0 Å². The number of nitrogens with two attached hydrogens (primary N) is 1. The van der Waals surface area contributed by atoms with E-state index in [1.165, 1.54) is 12.8 Å². The van der Waals surface area contributed by atoms with Gasteiger partial charge in [0.1, 0.15) is 0 Å². The summed E-state index contributed by atoms with van der Waals surface area (Å²) in [4.78, 5) is 12.5. The quantitative estimate of drug-likeness (QED) is 0.599. The fraction of sp³-hybridized carbons (Fsp3) is 0.944. The molecular formula is C18H32FN3O. The van der Waals surface area contributed by atoms with Gasteiger partial charge in [0, 0.05) is 30.5 Å². The Balaban J connectivity index is 1.80. The zero-order chi connectivity index (χ0) is 16.4. The lowest BCUT2D eigenvalue weighted by atomic mass is 9.70. The monoisotopic (exact) mass is 325 g/mol. The lowest BCUT2D eigenvalue weighted by Crippen LogP contribution is -2.55. The van der Waals surface area contributed by atoms with Crippen LogP contribution in [0, 0.1) is 23.7 Å². The van der Waals surface area contributed by atoms with Gasteiger partial charge in [-0.15, -0.1) is 0 Å². The SMILES string of the molecule is CC1CCC[C@H](N)C2CC(CNC2F)C2CCCCC2NC1=O. The van der Waals surface area contributed by atoms with Crippen molar-refractivity contribution in [1.82, 2.24) is 10.6 Å². The fourth-order valence-corrected chi connectivity index (χ4v) is 4.92. The lowest BCUT2D eigenvalue weighted by Gasteiger charge is -2.44. The molecule has 1 amide bonds. The second kappa shape index (κ2) is 7.47. The van der Waals surface area contributed by atoms with Crippen molar-refractivity contribution in [2.45, 2.75) is 76.7 Å². The Morgan fingerprint density at radius 2 is 1.87 bits per heavy atom. The maximum atomic E-state index is 14.3. The average molecular weight is 325 g/mol. The van der Waals surface area contributed by atoms with Gasteiger partial charge >= 0.3 is 0 Å². The van der Waals surface area contributed by atoms with Gasteiger partial charge in [0.2, 0.25) is 5.91 Å². The van der Waals surface area contributed by atoms with Crippen LogP contribution >= 0.6 is 0 Å². The number of piperidine rings is 1. The van der Waals surface area contributed by atoms with Crippen LogP contribution in [0.15, 0.2) is 0 Å². The molecule has 3 fully saturated rings. The van der Waals surface area contributed by atoms with Crippen molar-refractivity contribution in [3.63, 3.8) is 0 Å². The Morgan fingerprint density at radius 3 is 2.70 bits per heavy atom. The number of fused-ring (bicyclic) bond motifs is 4. The van der Waals surface area contributed by atoms with Gasteiger partial charge in [-0.05, 0) is 43.9 Å². The van der Waals surface area contributed by atoms with Gasteiger partial charge in [-0.1, -0.05) is 26.2 Å². The molecule has 3 aliphatic rings. The van der Waals surface area contributed by atoms with E-state index in [2.05, 4.69) is 10.6 Å². The molecule has 2 heterocycles. The van der Waals surface area contributed by atoms with Crippen molar-refractivity contribution in [1.29, 1.82) is 0 Å². The zero-order valence-corrected chi connectivity index (χ0v) is 14.3. The van der Waals surface area contributed by atoms with E-state index < -0.39 is 6.30 Å². The average Bonchev–Trinajstić information content (AvgIpc) is 2.55. The number of alkyl halides is 1. The molecule has 4 nitrogen and oxygen atoms in total. The third-order valence-electron chi connectivity index (χ3n) is 6.45. The number of amides is 1. The van der Waals surface area contributed by atoms with Crippen LogP contribution in [0.25, 0.3) is 0 Å². The van der Waals surface area contributed by atoms with Gasteiger partial charge < -0.3 is 11.1 Å². The molecule has 23 heavy (non-hydrogen) atoms. The predicted molar refractivity (Wildman–Crippen MR) is 89.4 cm³/mol. The third kappa shape index (κ3) is 3.87. The molecule has 2 aliphatic heterocycles. The number of hydrogen-bond donors (Lipinski definition) is 3. The number of nitrogens with one attached hydrogen (secondary N) is 2. The van der Waals surface area contributed by atoms with E-state index in [4.69, 9.17) is 5.73 Å². The van der Waals surface area contributed by atoms with Crippen LogP contribution in [0.1, 0.15) is 58.3 Å². The normalized spacial score (nSPS) is 46.0. The molecule has 7 atom stereocenters. The summed E-state index contributed by atoms with van der Waals surface area (Å²) in [5, 5.41) is 6.38. The van der Waals surface area contributed by atoms with Gasteiger partial charge in [-0.3, -0.25) is 10.1 Å². The van der Waals surface area contributed by atoms with Gasteiger partial charge in [0.05, 0.1) is 0 Å². The number of halogens is 1. The lowest BCUT2D eigenvalue weighted by molar-refractivity contribution is -0.126. The first-order valence-corrected chi connectivity index (χ1v) is 9.49. The van der Waals surface area contributed by atoms with E-state index >= 15 is 0 Å². The molecule has 4 N–H and O–H groups in total. The van der Waals surface area contributed by atoms with Crippen molar-refractivity contribution in [2.24, 2.45) is 29.4 Å². The van der Waals surface area contributed by atoms with Gasteiger partial charge in [-0.25, -0.2) is 4.39 Å². The molecule has 0 radical (unpaired) electrons. The van der Waals surface area contributed by atoms with Gasteiger partial charge in [0.25, 0.3) is 0 Å². The molecule has 5 heteroatoms. The molecule has 2 saturated heterocycles. The highest BCUT2D eigenvalue weighted by molar-refractivity contribution is 5.78. The van der Waals surface area contributed by atoms with Crippen LogP contribution in [0.5, 0.6) is 0 Å². The summed E-state index contributed by atoms with van der Waals surface area (Å²) in [5.74, 6) is 1.04. The molecule has 2 bridgehead atoms. The minimum absolute atomic E-state index is 0.0309. The number of carbonyl (C=O) groups is 1. The van der Waals surface area contributed by atoms with Crippen LogP contribution in [0.3, 0.4) is 0 Å². The molecule has 132 valence electrons. The summed E-state index contributed by atoms with van der Waals surface area (Å²) < 4.78 is 14.3. The van der Waals surface area contributed by atoms with Crippen LogP contribution in [-0.2, 0) is 4.79 Å². The summed E-state index contributed by atoms with van der Waals surface area (Å²) in [6, 6.07) is 0.162. The summed E-state index contributed by atoms with van der Waals surface area (Å²) >= 11 is 0. The molecule has 0 spiro atoms. The van der Waals surface area contributed by atoms with Gasteiger partial charge in [0.15, 0.2) is 6.30 Å². The van der Waals surface area contributed by atoms with Crippen molar-refractivity contribution in [3.8, 4) is 0 Å². The highest BCUT2D eigenvalue weighted by Gasteiger charge is 2.41. The molecule has 0 aromatic carbocycles. The molecule has 0 aromatic rings. The second-order valence-corrected chi connectivity index (χ2v) is 8.03. The smallest absolute Gasteiger partial charge is 0.223 e. The molecule has 1 aliphatic carbocycles. The van der Waals surface area contributed by atoms with E-state index in [0.717, 1.165) is 45.1 Å². The first-order chi connectivity index (χ1) is 11.1. The molecule has 1 saturated carbocycles. The standard InChI is InChI=1S/C18H32FN3O/c1-11-5-4-7-15(20)14-9-12(10-21-17(14)19)13-6-2-3-8-16(13)22-18(11)23/h11-17,21H,2-10,20H2,1H3,(H,22,23)/t11?,12?,13?,14?,15-,16?,17?/m0/s1. The highest BCUT2D eigenvalue weighted by atomic mass is 19.1. The van der Waals surface area contributed by atoms with Crippen LogP contribution in [0.4, 0.5) is 4.39 Å². The van der Waals surface area contributed by atoms with E-state index in [9.17, 15) is 9.18 Å². The largest absolute Gasteiger partial charge is 0.353 e. The maximum absolute atomic E-state index is 14.3. The van der Waals surface area contributed by atoms with E-state index in [0.29, 0.717) is 11.8 Å². The summed E-state index contributed by atoms with van der Waals surface area (Å²) in [6.45, 7) is 2.72. The first-order valence-electron chi connectivity index (χ1n) is 9.49. The predicted octanol–water partition coefficient (Wildman–Crippen LogP) is 2.33. The Kier molecular flexibility index (Phi) is 5.57. The van der Waals surface area contributed by atoms with Crippen molar-refractivity contribution < 1.29 is 9.18 Å². The van der Waals surface area contributed by atoms with Crippen molar-refractivity contribution >= 4 is 5.91 Å². The van der Waals surface area contributed by atoms with E-state index in [1.54, 1.807) is 0 Å². The minimum atomic E-state index is -0.974. The van der Waals surface area contributed by atoms with Crippen LogP contribution in [-0.4, -0.2) is 30.8 Å². The third-order valence-corrected chi connectivity index (χ3v) is 6.45. The first kappa shape index (κ1) is 17.2. The van der Waals surface area contributed by atoms with Crippen LogP contribution in [0.2, 0.25) is 0 Å².